The molecule has 120 valence electrons. The predicted octanol–water partition coefficient (Wildman–Crippen LogP) is 4.78. The van der Waals surface area contributed by atoms with E-state index in [0.29, 0.717) is 12.0 Å². The Kier molecular flexibility index (Phi) is 7.24. The number of nitrogens with one attached hydrogen (secondary N) is 1. The van der Waals surface area contributed by atoms with E-state index in [9.17, 15) is 0 Å². The van der Waals surface area contributed by atoms with E-state index >= 15 is 0 Å². The third-order valence-electron chi connectivity index (χ3n) is 4.14. The Balaban J connectivity index is 2.59. The molecule has 2 atom stereocenters. The van der Waals surface area contributed by atoms with Crippen LogP contribution in [0, 0.1) is 5.92 Å². The zero-order valence-corrected chi connectivity index (χ0v) is 14.7. The van der Waals surface area contributed by atoms with Crippen molar-refractivity contribution in [2.45, 2.75) is 65.8 Å². The van der Waals surface area contributed by atoms with E-state index in [0.717, 1.165) is 25.3 Å². The summed E-state index contributed by atoms with van der Waals surface area (Å²) in [5, 5.41) is 3.60. The first-order valence-corrected chi connectivity index (χ1v) is 8.35. The van der Waals surface area contributed by atoms with E-state index in [1.54, 1.807) is 0 Å². The summed E-state index contributed by atoms with van der Waals surface area (Å²) < 4.78 is 5.99. The van der Waals surface area contributed by atoms with Crippen molar-refractivity contribution in [2.75, 3.05) is 13.2 Å². The number of hydrogen-bond donors (Lipinski definition) is 1. The zero-order valence-electron chi connectivity index (χ0n) is 14.7. The van der Waals surface area contributed by atoms with Gasteiger partial charge >= 0.3 is 0 Å². The van der Waals surface area contributed by atoms with Gasteiger partial charge in [-0.3, -0.25) is 0 Å². The molecule has 0 radical (unpaired) electrons. The molecule has 0 spiro atoms. The average Bonchev–Trinajstić information content (AvgIpc) is 2.46. The SMILES string of the molecule is CCCNC(COc1ccc(C(C)(C)C)cc1)C(C)CC. The molecule has 1 aromatic carbocycles. The number of hydrogen-bond acceptors (Lipinski definition) is 2. The van der Waals surface area contributed by atoms with Gasteiger partial charge in [0, 0.05) is 6.04 Å². The first-order chi connectivity index (χ1) is 9.88. The van der Waals surface area contributed by atoms with Gasteiger partial charge in [-0.1, -0.05) is 60.1 Å². The molecule has 0 aromatic heterocycles. The molecule has 1 aromatic rings. The van der Waals surface area contributed by atoms with Crippen LogP contribution in [-0.2, 0) is 5.41 Å². The summed E-state index contributed by atoms with van der Waals surface area (Å²) in [6, 6.07) is 8.96. The van der Waals surface area contributed by atoms with Gasteiger partial charge in [0.25, 0.3) is 0 Å². The van der Waals surface area contributed by atoms with E-state index in [4.69, 9.17) is 4.74 Å². The third kappa shape index (κ3) is 6.09. The van der Waals surface area contributed by atoms with Crippen molar-refractivity contribution in [3.8, 4) is 5.75 Å². The van der Waals surface area contributed by atoms with Crippen molar-refractivity contribution in [2.24, 2.45) is 5.92 Å². The molecule has 0 amide bonds. The number of rotatable bonds is 8. The maximum atomic E-state index is 5.99. The molecule has 1 N–H and O–H groups in total. The Morgan fingerprint density at radius 2 is 1.71 bits per heavy atom. The maximum Gasteiger partial charge on any atom is 0.119 e. The third-order valence-corrected chi connectivity index (χ3v) is 4.14. The minimum absolute atomic E-state index is 0.195. The highest BCUT2D eigenvalue weighted by atomic mass is 16.5. The molecule has 0 saturated carbocycles. The van der Waals surface area contributed by atoms with E-state index in [-0.39, 0.29) is 5.41 Å². The smallest absolute Gasteiger partial charge is 0.119 e. The van der Waals surface area contributed by atoms with Crippen molar-refractivity contribution in [3.05, 3.63) is 29.8 Å². The average molecular weight is 291 g/mol. The van der Waals surface area contributed by atoms with Crippen LogP contribution in [0.25, 0.3) is 0 Å². The molecule has 0 saturated heterocycles. The second-order valence-corrected chi connectivity index (χ2v) is 7.03. The molecule has 1 rings (SSSR count). The first kappa shape index (κ1) is 18.0. The minimum Gasteiger partial charge on any atom is -0.492 e. The Hall–Kier alpha value is -1.02. The van der Waals surface area contributed by atoms with Gasteiger partial charge in [0.15, 0.2) is 0 Å². The summed E-state index contributed by atoms with van der Waals surface area (Å²) >= 11 is 0. The summed E-state index contributed by atoms with van der Waals surface area (Å²) in [4.78, 5) is 0. The van der Waals surface area contributed by atoms with Gasteiger partial charge in [-0.05, 0) is 42.0 Å². The van der Waals surface area contributed by atoms with Crippen molar-refractivity contribution in [1.82, 2.24) is 5.32 Å². The van der Waals surface area contributed by atoms with Crippen LogP contribution in [0.5, 0.6) is 5.75 Å². The van der Waals surface area contributed by atoms with E-state index < -0.39 is 0 Å². The molecule has 2 unspecified atom stereocenters. The molecular weight excluding hydrogens is 258 g/mol. The molecule has 2 heteroatoms. The van der Waals surface area contributed by atoms with Crippen molar-refractivity contribution < 1.29 is 4.74 Å². The van der Waals surface area contributed by atoms with Crippen LogP contribution in [0.3, 0.4) is 0 Å². The molecular formula is C19H33NO. The monoisotopic (exact) mass is 291 g/mol. The predicted molar refractivity (Wildman–Crippen MR) is 92.2 cm³/mol. The molecule has 0 bridgehead atoms. The lowest BCUT2D eigenvalue weighted by molar-refractivity contribution is 0.220. The van der Waals surface area contributed by atoms with Gasteiger partial charge in [0.05, 0.1) is 0 Å². The van der Waals surface area contributed by atoms with Crippen LogP contribution in [0.1, 0.15) is 59.9 Å². The summed E-state index contributed by atoms with van der Waals surface area (Å²) in [7, 11) is 0. The van der Waals surface area contributed by atoms with Gasteiger partial charge < -0.3 is 10.1 Å². The van der Waals surface area contributed by atoms with Crippen LogP contribution in [0.4, 0.5) is 0 Å². The van der Waals surface area contributed by atoms with Crippen molar-refractivity contribution in [3.63, 3.8) is 0 Å². The van der Waals surface area contributed by atoms with Crippen LogP contribution in [0.2, 0.25) is 0 Å². The van der Waals surface area contributed by atoms with Gasteiger partial charge in [-0.2, -0.15) is 0 Å². The summed E-state index contributed by atoms with van der Waals surface area (Å²) in [6.07, 6.45) is 2.33. The second kappa shape index (κ2) is 8.43. The van der Waals surface area contributed by atoms with Gasteiger partial charge in [-0.15, -0.1) is 0 Å². The number of benzene rings is 1. The van der Waals surface area contributed by atoms with Gasteiger partial charge in [0.2, 0.25) is 0 Å². The highest BCUT2D eigenvalue weighted by Crippen LogP contribution is 2.24. The zero-order chi connectivity index (χ0) is 15.9. The minimum atomic E-state index is 0.195. The second-order valence-electron chi connectivity index (χ2n) is 7.03. The fourth-order valence-electron chi connectivity index (χ4n) is 2.28. The Bertz CT molecular complexity index is 391. The lowest BCUT2D eigenvalue weighted by Gasteiger charge is -2.25. The maximum absolute atomic E-state index is 5.99. The van der Waals surface area contributed by atoms with E-state index in [2.05, 4.69) is 71.1 Å². The van der Waals surface area contributed by atoms with Crippen LogP contribution in [-0.4, -0.2) is 19.2 Å². The largest absolute Gasteiger partial charge is 0.492 e. The van der Waals surface area contributed by atoms with E-state index in [1.807, 2.05) is 0 Å². The summed E-state index contributed by atoms with van der Waals surface area (Å²) in [6.45, 7) is 15.2. The number of ether oxygens (including phenoxy) is 1. The molecule has 2 nitrogen and oxygen atoms in total. The Morgan fingerprint density at radius 1 is 1.10 bits per heavy atom. The Morgan fingerprint density at radius 3 is 2.19 bits per heavy atom. The molecule has 21 heavy (non-hydrogen) atoms. The van der Waals surface area contributed by atoms with Crippen LogP contribution >= 0.6 is 0 Å². The molecule has 0 aliphatic rings. The summed E-state index contributed by atoms with van der Waals surface area (Å²) in [5.41, 5.74) is 1.54. The van der Waals surface area contributed by atoms with Crippen molar-refractivity contribution >= 4 is 0 Å². The fraction of sp³-hybridized carbons (Fsp3) is 0.684. The summed E-state index contributed by atoms with van der Waals surface area (Å²) in [5.74, 6) is 1.60. The highest BCUT2D eigenvalue weighted by Gasteiger charge is 2.16. The van der Waals surface area contributed by atoms with Gasteiger partial charge in [0.1, 0.15) is 12.4 Å². The van der Waals surface area contributed by atoms with Crippen LogP contribution in [0.15, 0.2) is 24.3 Å². The van der Waals surface area contributed by atoms with Gasteiger partial charge in [-0.25, -0.2) is 0 Å². The highest BCUT2D eigenvalue weighted by molar-refractivity contribution is 5.31. The topological polar surface area (TPSA) is 21.3 Å². The first-order valence-electron chi connectivity index (χ1n) is 8.35. The molecule has 0 heterocycles. The molecule has 0 aliphatic carbocycles. The lowest BCUT2D eigenvalue weighted by atomic mass is 9.87. The Labute approximate surface area is 131 Å². The van der Waals surface area contributed by atoms with Crippen LogP contribution < -0.4 is 10.1 Å². The standard InChI is InChI=1S/C19H33NO/c1-7-13-20-18(15(3)8-2)14-21-17-11-9-16(10-12-17)19(4,5)6/h9-12,15,18,20H,7-8,13-14H2,1-6H3. The quantitative estimate of drug-likeness (QED) is 0.744. The molecule has 0 fully saturated rings. The van der Waals surface area contributed by atoms with E-state index in [1.165, 1.54) is 12.0 Å². The van der Waals surface area contributed by atoms with Crippen molar-refractivity contribution in [1.29, 1.82) is 0 Å². The fourth-order valence-corrected chi connectivity index (χ4v) is 2.28. The molecule has 0 aliphatic heterocycles. The lowest BCUT2D eigenvalue weighted by Crippen LogP contribution is -2.40. The normalized spacial score (nSPS) is 14.8.